The highest BCUT2D eigenvalue weighted by atomic mass is 32.1. The highest BCUT2D eigenvalue weighted by Crippen LogP contribution is 2.35. The fraction of sp³-hybridized carbons (Fsp3) is 0.222. The number of ether oxygens (including phenoxy) is 3. The molecule has 1 amide bonds. The molecule has 0 saturated carbocycles. The van der Waals surface area contributed by atoms with Gasteiger partial charge in [-0.3, -0.25) is 4.79 Å². The average Bonchev–Trinajstić information content (AvgIpc) is 3.04. The highest BCUT2D eigenvalue weighted by Gasteiger charge is 2.20. The van der Waals surface area contributed by atoms with Crippen LogP contribution in [0.1, 0.15) is 20.1 Å². The molecule has 0 bridgehead atoms. The van der Waals surface area contributed by atoms with E-state index >= 15 is 0 Å². The van der Waals surface area contributed by atoms with Gasteiger partial charge in [-0.1, -0.05) is 0 Å². The lowest BCUT2D eigenvalue weighted by molar-refractivity contribution is -0.111. The van der Waals surface area contributed by atoms with Crippen molar-refractivity contribution < 1.29 is 32.6 Å². The molecule has 0 unspecified atom stereocenters. The van der Waals surface area contributed by atoms with Crippen LogP contribution < -0.4 is 14.8 Å². The summed E-state index contributed by atoms with van der Waals surface area (Å²) in [5.41, 5.74) is -0.111. The highest BCUT2D eigenvalue weighted by molar-refractivity contribution is 7.12. The van der Waals surface area contributed by atoms with Gasteiger partial charge >= 0.3 is 12.6 Å². The van der Waals surface area contributed by atoms with Crippen LogP contribution in [0.5, 0.6) is 11.5 Å². The van der Waals surface area contributed by atoms with Crippen molar-refractivity contribution in [1.29, 1.82) is 0 Å². The number of carbonyl (C=O) groups is 2. The summed E-state index contributed by atoms with van der Waals surface area (Å²) in [5.74, 6) is -1.75. The average molecular weight is 397 g/mol. The number of nitrogens with one attached hydrogen (secondary N) is 1. The second kappa shape index (κ2) is 9.13. The number of carbonyl (C=O) groups excluding carboxylic acids is 2. The zero-order valence-corrected chi connectivity index (χ0v) is 15.6. The molecule has 0 radical (unpaired) electrons. The van der Waals surface area contributed by atoms with Crippen molar-refractivity contribution in [1.82, 2.24) is 0 Å². The first kappa shape index (κ1) is 20.4. The van der Waals surface area contributed by atoms with Gasteiger partial charge in [-0.05, 0) is 25.1 Å². The monoisotopic (exact) mass is 397 g/mol. The van der Waals surface area contributed by atoms with E-state index in [4.69, 9.17) is 4.74 Å². The first-order valence-corrected chi connectivity index (χ1v) is 8.46. The van der Waals surface area contributed by atoms with Crippen molar-refractivity contribution in [2.75, 3.05) is 19.5 Å². The van der Waals surface area contributed by atoms with Crippen LogP contribution in [0.4, 0.5) is 14.5 Å². The standard InChI is InChI=1S/C18H17F2NO5S/c1-10-4-5-11(27-10)6-7-16(22)21-13-9-15(26-18(19)20)14(24-2)8-12(13)17(23)25-3/h4-9,18H,1-3H3,(H,21,22)/b7-6+. The van der Waals surface area contributed by atoms with E-state index in [-0.39, 0.29) is 22.7 Å². The van der Waals surface area contributed by atoms with E-state index in [1.807, 2.05) is 19.1 Å². The summed E-state index contributed by atoms with van der Waals surface area (Å²) in [6.45, 7) is -1.17. The molecule has 0 fully saturated rings. The topological polar surface area (TPSA) is 73.9 Å². The van der Waals surface area contributed by atoms with E-state index in [2.05, 4.69) is 14.8 Å². The van der Waals surface area contributed by atoms with E-state index < -0.39 is 18.5 Å². The number of alkyl halides is 2. The first-order valence-electron chi connectivity index (χ1n) is 7.64. The number of aryl methyl sites for hydroxylation is 1. The summed E-state index contributed by atoms with van der Waals surface area (Å²) in [5, 5.41) is 2.47. The fourth-order valence-corrected chi connectivity index (χ4v) is 2.95. The molecule has 0 aliphatic heterocycles. The largest absolute Gasteiger partial charge is 0.493 e. The van der Waals surface area contributed by atoms with Crippen molar-refractivity contribution in [2.45, 2.75) is 13.5 Å². The minimum absolute atomic E-state index is 0.0460. The maximum atomic E-state index is 12.6. The Hall–Kier alpha value is -2.94. The van der Waals surface area contributed by atoms with Gasteiger partial charge in [0.25, 0.3) is 0 Å². The molecule has 6 nitrogen and oxygen atoms in total. The Morgan fingerprint density at radius 1 is 1.19 bits per heavy atom. The molecule has 144 valence electrons. The molecule has 1 aromatic heterocycles. The summed E-state index contributed by atoms with van der Waals surface area (Å²) >= 11 is 1.50. The summed E-state index contributed by atoms with van der Waals surface area (Å²) < 4.78 is 39.2. The Labute approximate surface area is 158 Å². The molecular weight excluding hydrogens is 380 g/mol. The molecule has 1 N–H and O–H groups in total. The first-order chi connectivity index (χ1) is 12.8. The van der Waals surface area contributed by atoms with Gasteiger partial charge in [-0.15, -0.1) is 11.3 Å². The van der Waals surface area contributed by atoms with Crippen LogP contribution in [0, 0.1) is 6.92 Å². The van der Waals surface area contributed by atoms with Gasteiger partial charge in [0.15, 0.2) is 11.5 Å². The Balaban J connectivity index is 2.32. The molecule has 1 aromatic carbocycles. The molecule has 27 heavy (non-hydrogen) atoms. The third-order valence-corrected chi connectivity index (χ3v) is 4.31. The smallest absolute Gasteiger partial charge is 0.387 e. The number of thiophene rings is 1. The van der Waals surface area contributed by atoms with Gasteiger partial charge < -0.3 is 19.5 Å². The number of esters is 1. The van der Waals surface area contributed by atoms with Crippen LogP contribution in [-0.4, -0.2) is 32.7 Å². The fourth-order valence-electron chi connectivity index (χ4n) is 2.17. The molecule has 0 saturated heterocycles. The van der Waals surface area contributed by atoms with Crippen molar-refractivity contribution in [3.63, 3.8) is 0 Å². The lowest BCUT2D eigenvalue weighted by Gasteiger charge is -2.15. The van der Waals surface area contributed by atoms with Crippen molar-refractivity contribution in [3.05, 3.63) is 45.7 Å². The Morgan fingerprint density at radius 3 is 2.48 bits per heavy atom. The number of rotatable bonds is 7. The molecule has 0 spiro atoms. The number of methoxy groups -OCH3 is 2. The molecular formula is C18H17F2NO5S. The normalized spacial score (nSPS) is 10.9. The van der Waals surface area contributed by atoms with Crippen LogP contribution in [0.25, 0.3) is 6.08 Å². The maximum Gasteiger partial charge on any atom is 0.387 e. The summed E-state index contributed by atoms with van der Waals surface area (Å²) in [4.78, 5) is 26.1. The maximum absolute atomic E-state index is 12.6. The second-order valence-corrected chi connectivity index (χ2v) is 6.51. The second-order valence-electron chi connectivity index (χ2n) is 5.19. The SMILES string of the molecule is COC(=O)c1cc(OC)c(OC(F)F)cc1NC(=O)/C=C/c1ccc(C)s1. The zero-order valence-electron chi connectivity index (χ0n) is 14.7. The van der Waals surface area contributed by atoms with Gasteiger partial charge in [0, 0.05) is 28.0 Å². The predicted molar refractivity (Wildman–Crippen MR) is 97.7 cm³/mol. The molecule has 0 aliphatic carbocycles. The number of benzene rings is 1. The molecule has 0 atom stereocenters. The van der Waals surface area contributed by atoms with E-state index in [1.54, 1.807) is 6.08 Å². The lowest BCUT2D eigenvalue weighted by atomic mass is 10.1. The van der Waals surface area contributed by atoms with Gasteiger partial charge in [-0.2, -0.15) is 8.78 Å². The van der Waals surface area contributed by atoms with E-state index in [0.29, 0.717) is 0 Å². The van der Waals surface area contributed by atoms with Crippen LogP contribution in [0.2, 0.25) is 0 Å². The van der Waals surface area contributed by atoms with Gasteiger partial charge in [0.05, 0.1) is 25.5 Å². The van der Waals surface area contributed by atoms with Crippen LogP contribution in [-0.2, 0) is 9.53 Å². The minimum Gasteiger partial charge on any atom is -0.493 e. The summed E-state index contributed by atoms with van der Waals surface area (Å²) in [6, 6.07) is 6.00. The predicted octanol–water partition coefficient (Wildman–Crippen LogP) is 4.11. The van der Waals surface area contributed by atoms with Crippen molar-refractivity contribution in [3.8, 4) is 11.5 Å². The third-order valence-electron chi connectivity index (χ3n) is 3.34. The number of hydrogen-bond donors (Lipinski definition) is 1. The molecule has 9 heteroatoms. The quantitative estimate of drug-likeness (QED) is 0.562. The number of hydrogen-bond acceptors (Lipinski definition) is 6. The molecule has 1 heterocycles. The van der Waals surface area contributed by atoms with E-state index in [0.717, 1.165) is 29.0 Å². The van der Waals surface area contributed by atoms with E-state index in [1.165, 1.54) is 24.5 Å². The van der Waals surface area contributed by atoms with Gasteiger partial charge in [0.1, 0.15) is 0 Å². The summed E-state index contributed by atoms with van der Waals surface area (Å²) in [6.07, 6.45) is 2.87. The Kier molecular flexibility index (Phi) is 6.89. The number of amides is 1. The van der Waals surface area contributed by atoms with Crippen molar-refractivity contribution in [2.24, 2.45) is 0 Å². The molecule has 0 aliphatic rings. The lowest BCUT2D eigenvalue weighted by Crippen LogP contribution is -2.14. The van der Waals surface area contributed by atoms with Crippen LogP contribution >= 0.6 is 11.3 Å². The Bertz CT molecular complexity index is 863. The van der Waals surface area contributed by atoms with Crippen molar-refractivity contribution >= 4 is 35.0 Å². The van der Waals surface area contributed by atoms with Gasteiger partial charge in [-0.25, -0.2) is 4.79 Å². The van der Waals surface area contributed by atoms with Crippen LogP contribution in [0.3, 0.4) is 0 Å². The molecule has 2 aromatic rings. The third kappa shape index (κ3) is 5.52. The zero-order chi connectivity index (χ0) is 20.0. The molecule has 2 rings (SSSR count). The summed E-state index contributed by atoms with van der Waals surface area (Å²) in [7, 11) is 2.39. The number of anilines is 1. The minimum atomic E-state index is -3.10. The van der Waals surface area contributed by atoms with E-state index in [9.17, 15) is 18.4 Å². The van der Waals surface area contributed by atoms with Crippen LogP contribution in [0.15, 0.2) is 30.3 Å². The number of halogens is 2. The Morgan fingerprint density at radius 2 is 1.93 bits per heavy atom. The van der Waals surface area contributed by atoms with Gasteiger partial charge in [0.2, 0.25) is 5.91 Å².